The average molecular weight is 409 g/mol. The van der Waals surface area contributed by atoms with E-state index in [-0.39, 0.29) is 17.7 Å². The topological polar surface area (TPSA) is 138 Å². The van der Waals surface area contributed by atoms with Crippen molar-refractivity contribution >= 4 is 34.4 Å². The summed E-state index contributed by atoms with van der Waals surface area (Å²) in [7, 11) is 1.42. The van der Waals surface area contributed by atoms with Crippen molar-refractivity contribution in [2.24, 2.45) is 7.05 Å². The first kappa shape index (κ1) is 20.6. The summed E-state index contributed by atoms with van der Waals surface area (Å²) in [6, 6.07) is 13.7. The van der Waals surface area contributed by atoms with E-state index in [1.54, 1.807) is 6.07 Å². The zero-order chi connectivity index (χ0) is 21.8. The molecule has 154 valence electrons. The molecule has 9 heteroatoms. The smallest absolute Gasteiger partial charge is 0.322 e. The maximum atomic E-state index is 12.5. The number of nitrogens with one attached hydrogen (secondary N) is 2. The fourth-order valence-electron chi connectivity index (χ4n) is 3.04. The zero-order valence-electron chi connectivity index (χ0n) is 16.0. The quantitative estimate of drug-likeness (QED) is 0.483. The van der Waals surface area contributed by atoms with Crippen LogP contribution in [0.1, 0.15) is 15.9 Å². The van der Waals surface area contributed by atoms with Crippen molar-refractivity contribution < 1.29 is 24.6 Å². The number of hydrogen-bond donors (Lipinski definition) is 4. The molecule has 3 aromatic rings. The third-order valence-corrected chi connectivity index (χ3v) is 4.49. The molecule has 0 fully saturated rings. The Kier molecular flexibility index (Phi) is 5.82. The lowest BCUT2D eigenvalue weighted by atomic mass is 10.1. The number of aromatic nitrogens is 1. The van der Waals surface area contributed by atoms with E-state index in [0.717, 1.165) is 5.56 Å². The molecule has 9 nitrogen and oxygen atoms in total. The van der Waals surface area contributed by atoms with E-state index in [2.05, 4.69) is 10.6 Å². The van der Waals surface area contributed by atoms with Crippen LogP contribution in [0, 0.1) is 0 Å². The van der Waals surface area contributed by atoms with Gasteiger partial charge in [-0.15, -0.1) is 0 Å². The minimum absolute atomic E-state index is 0.154. The SMILES string of the molecule is Cn1c(=O)c(C(=O)NCC(=O)O)c(O)c2cc(NC(=O)Cc3ccccc3)ccc21. The number of benzene rings is 2. The lowest BCUT2D eigenvalue weighted by molar-refractivity contribution is -0.135. The normalized spacial score (nSPS) is 10.6. The summed E-state index contributed by atoms with van der Waals surface area (Å²) in [5, 5.41) is 24.2. The number of carbonyl (C=O) groups is 3. The summed E-state index contributed by atoms with van der Waals surface area (Å²) in [4.78, 5) is 47.7. The molecule has 0 unspecified atom stereocenters. The largest absolute Gasteiger partial charge is 0.506 e. The molecule has 2 aromatic carbocycles. The number of aliphatic carboxylic acids is 1. The number of aromatic hydroxyl groups is 1. The van der Waals surface area contributed by atoms with Gasteiger partial charge in [-0.05, 0) is 23.8 Å². The van der Waals surface area contributed by atoms with Gasteiger partial charge in [-0.1, -0.05) is 30.3 Å². The highest BCUT2D eigenvalue weighted by molar-refractivity contribution is 6.04. The minimum Gasteiger partial charge on any atom is -0.506 e. The molecule has 0 aliphatic rings. The fourth-order valence-corrected chi connectivity index (χ4v) is 3.04. The lowest BCUT2D eigenvalue weighted by Gasteiger charge is -2.13. The Morgan fingerprint density at radius 3 is 2.43 bits per heavy atom. The molecule has 0 saturated carbocycles. The second kappa shape index (κ2) is 8.48. The van der Waals surface area contributed by atoms with E-state index >= 15 is 0 Å². The summed E-state index contributed by atoms with van der Waals surface area (Å²) < 4.78 is 1.17. The molecule has 4 N–H and O–H groups in total. The van der Waals surface area contributed by atoms with Gasteiger partial charge in [0.05, 0.1) is 11.9 Å². The molecular weight excluding hydrogens is 390 g/mol. The first-order chi connectivity index (χ1) is 14.3. The fraction of sp³-hybridized carbons (Fsp3) is 0.143. The van der Waals surface area contributed by atoms with E-state index in [0.29, 0.717) is 11.2 Å². The molecule has 1 heterocycles. The number of pyridine rings is 1. The Morgan fingerprint density at radius 2 is 1.77 bits per heavy atom. The molecular formula is C21H19N3O6. The number of anilines is 1. The van der Waals surface area contributed by atoms with Crippen LogP contribution in [0.5, 0.6) is 5.75 Å². The third-order valence-electron chi connectivity index (χ3n) is 4.49. The van der Waals surface area contributed by atoms with Gasteiger partial charge in [-0.25, -0.2) is 0 Å². The summed E-state index contributed by atoms with van der Waals surface area (Å²) >= 11 is 0. The molecule has 0 atom stereocenters. The lowest BCUT2D eigenvalue weighted by Crippen LogP contribution is -2.35. The Morgan fingerprint density at radius 1 is 1.07 bits per heavy atom. The van der Waals surface area contributed by atoms with Gasteiger partial charge < -0.3 is 25.4 Å². The number of fused-ring (bicyclic) bond motifs is 1. The van der Waals surface area contributed by atoms with E-state index in [9.17, 15) is 24.3 Å². The molecule has 0 saturated heterocycles. The standard InChI is InChI=1S/C21H19N3O6/c1-24-15-8-7-13(23-16(25)9-12-5-3-2-4-6-12)10-14(15)19(28)18(21(24)30)20(29)22-11-17(26)27/h2-8,10,28H,9,11H2,1H3,(H,22,29)(H,23,25)(H,26,27). The number of carboxylic acids is 1. The van der Waals surface area contributed by atoms with Crippen molar-refractivity contribution in [2.45, 2.75) is 6.42 Å². The highest BCUT2D eigenvalue weighted by atomic mass is 16.4. The number of carboxylic acid groups (broad SMARTS) is 1. The van der Waals surface area contributed by atoms with Crippen LogP contribution in [0.25, 0.3) is 10.9 Å². The second-order valence-corrected chi connectivity index (χ2v) is 6.61. The van der Waals surface area contributed by atoms with Gasteiger partial charge in [0.1, 0.15) is 17.9 Å². The Balaban J connectivity index is 1.94. The van der Waals surface area contributed by atoms with Crippen LogP contribution >= 0.6 is 0 Å². The van der Waals surface area contributed by atoms with Crippen molar-refractivity contribution in [3.8, 4) is 5.75 Å². The summed E-state index contributed by atoms with van der Waals surface area (Å²) in [6.45, 7) is -0.699. The first-order valence-corrected chi connectivity index (χ1v) is 8.97. The molecule has 0 radical (unpaired) electrons. The number of aryl methyl sites for hydroxylation is 1. The van der Waals surface area contributed by atoms with Crippen LogP contribution in [0.4, 0.5) is 5.69 Å². The number of hydrogen-bond acceptors (Lipinski definition) is 5. The van der Waals surface area contributed by atoms with Gasteiger partial charge in [0.25, 0.3) is 11.5 Å². The van der Waals surface area contributed by atoms with Crippen molar-refractivity contribution in [1.82, 2.24) is 9.88 Å². The van der Waals surface area contributed by atoms with Crippen LogP contribution in [-0.2, 0) is 23.1 Å². The van der Waals surface area contributed by atoms with Gasteiger partial charge in [-0.2, -0.15) is 0 Å². The maximum Gasteiger partial charge on any atom is 0.322 e. The van der Waals surface area contributed by atoms with Crippen molar-refractivity contribution in [3.63, 3.8) is 0 Å². The highest BCUT2D eigenvalue weighted by Crippen LogP contribution is 2.28. The molecule has 3 rings (SSSR count). The van der Waals surface area contributed by atoms with E-state index in [1.165, 1.54) is 23.7 Å². The van der Waals surface area contributed by atoms with Crippen LogP contribution in [0.2, 0.25) is 0 Å². The molecule has 0 aliphatic heterocycles. The Bertz CT molecular complexity index is 1200. The molecule has 1 aromatic heterocycles. The number of rotatable bonds is 6. The van der Waals surface area contributed by atoms with Gasteiger partial charge in [-0.3, -0.25) is 19.2 Å². The molecule has 0 aliphatic carbocycles. The maximum absolute atomic E-state index is 12.5. The monoisotopic (exact) mass is 409 g/mol. The van der Waals surface area contributed by atoms with Crippen LogP contribution in [-0.4, -0.2) is 39.1 Å². The van der Waals surface area contributed by atoms with Crippen molar-refractivity contribution in [3.05, 3.63) is 70.0 Å². The predicted molar refractivity (Wildman–Crippen MR) is 110 cm³/mol. The van der Waals surface area contributed by atoms with Gasteiger partial charge in [0.15, 0.2) is 0 Å². The van der Waals surface area contributed by atoms with Crippen molar-refractivity contribution in [1.29, 1.82) is 0 Å². The Hall–Kier alpha value is -4.14. The first-order valence-electron chi connectivity index (χ1n) is 8.97. The number of nitrogens with zero attached hydrogens (tertiary/aromatic N) is 1. The predicted octanol–water partition coefficient (Wildman–Crippen LogP) is 1.24. The Labute approximate surface area is 170 Å². The average Bonchev–Trinajstić information content (AvgIpc) is 2.71. The van der Waals surface area contributed by atoms with E-state index < -0.39 is 35.3 Å². The summed E-state index contributed by atoms with van der Waals surface area (Å²) in [5.41, 5.74) is 0.198. The molecule has 0 spiro atoms. The third kappa shape index (κ3) is 4.30. The summed E-state index contributed by atoms with van der Waals surface area (Å²) in [6.07, 6.45) is 0.154. The van der Waals surface area contributed by atoms with Gasteiger partial charge in [0.2, 0.25) is 5.91 Å². The van der Waals surface area contributed by atoms with Crippen LogP contribution in [0.3, 0.4) is 0 Å². The summed E-state index contributed by atoms with van der Waals surface area (Å²) in [5.74, 6) is -3.15. The highest BCUT2D eigenvalue weighted by Gasteiger charge is 2.22. The zero-order valence-corrected chi connectivity index (χ0v) is 16.0. The van der Waals surface area contributed by atoms with Gasteiger partial charge in [0, 0.05) is 18.1 Å². The molecule has 30 heavy (non-hydrogen) atoms. The van der Waals surface area contributed by atoms with Gasteiger partial charge >= 0.3 is 5.97 Å². The molecule has 0 bridgehead atoms. The van der Waals surface area contributed by atoms with Crippen LogP contribution in [0.15, 0.2) is 53.3 Å². The van der Waals surface area contributed by atoms with Crippen molar-refractivity contribution in [2.75, 3.05) is 11.9 Å². The second-order valence-electron chi connectivity index (χ2n) is 6.61. The number of carbonyl (C=O) groups excluding carboxylic acids is 2. The number of amides is 2. The van der Waals surface area contributed by atoms with Crippen LogP contribution < -0.4 is 16.2 Å². The van der Waals surface area contributed by atoms with E-state index in [4.69, 9.17) is 5.11 Å². The minimum atomic E-state index is -1.29. The van der Waals surface area contributed by atoms with E-state index in [1.807, 2.05) is 30.3 Å². The molecule has 2 amide bonds.